The van der Waals surface area contributed by atoms with E-state index in [1.165, 1.54) is 6.42 Å². The first kappa shape index (κ1) is 12.1. The highest BCUT2D eigenvalue weighted by Crippen LogP contribution is 2.42. The monoisotopic (exact) mass is 206 g/mol. The van der Waals surface area contributed by atoms with Gasteiger partial charge in [0.1, 0.15) is 11.4 Å². The minimum atomic E-state index is -0.0190. The highest BCUT2D eigenvalue weighted by atomic mass is 16.5. The van der Waals surface area contributed by atoms with Crippen LogP contribution in [0, 0.1) is 5.92 Å². The molecule has 0 amide bonds. The van der Waals surface area contributed by atoms with Crippen molar-refractivity contribution in [2.75, 3.05) is 0 Å². The van der Waals surface area contributed by atoms with E-state index in [4.69, 9.17) is 4.74 Å². The predicted octanol–water partition coefficient (Wildman–Crippen LogP) is 4.23. The van der Waals surface area contributed by atoms with Crippen LogP contribution < -0.4 is 0 Å². The first-order chi connectivity index (χ1) is 7.03. The Morgan fingerprint density at radius 2 is 2.20 bits per heavy atom. The molecule has 1 aliphatic carbocycles. The molecule has 0 aromatic rings. The van der Waals surface area contributed by atoms with Crippen molar-refractivity contribution in [3.8, 4) is 0 Å². The lowest BCUT2D eigenvalue weighted by atomic mass is 9.96. The fraction of sp³-hybridized carbons (Fsp3) is 0.571. The average molecular weight is 206 g/mol. The van der Waals surface area contributed by atoms with Crippen molar-refractivity contribution >= 4 is 0 Å². The summed E-state index contributed by atoms with van der Waals surface area (Å²) in [7, 11) is 0. The van der Waals surface area contributed by atoms with E-state index in [9.17, 15) is 0 Å². The molecule has 2 unspecified atom stereocenters. The van der Waals surface area contributed by atoms with Gasteiger partial charge in [-0.05, 0) is 44.1 Å². The van der Waals surface area contributed by atoms with Gasteiger partial charge in [0.25, 0.3) is 0 Å². The van der Waals surface area contributed by atoms with Gasteiger partial charge in [-0.3, -0.25) is 0 Å². The normalized spacial score (nSPS) is 29.9. The van der Waals surface area contributed by atoms with Crippen molar-refractivity contribution in [3.63, 3.8) is 0 Å². The van der Waals surface area contributed by atoms with Gasteiger partial charge >= 0.3 is 0 Å². The van der Waals surface area contributed by atoms with Crippen molar-refractivity contribution in [3.05, 3.63) is 37.1 Å². The maximum Gasteiger partial charge on any atom is 0.115 e. The Hall–Kier alpha value is -0.980. The summed E-state index contributed by atoms with van der Waals surface area (Å²) in [5, 5.41) is 0. The number of hydrogen-bond donors (Lipinski definition) is 0. The molecule has 1 rings (SSSR count). The van der Waals surface area contributed by atoms with Crippen LogP contribution in [0.15, 0.2) is 37.1 Å². The smallest absolute Gasteiger partial charge is 0.115 e. The third-order valence-corrected chi connectivity index (χ3v) is 3.40. The van der Waals surface area contributed by atoms with Gasteiger partial charge in [0.2, 0.25) is 0 Å². The summed E-state index contributed by atoms with van der Waals surface area (Å²) in [5.41, 5.74) is 0.902. The van der Waals surface area contributed by atoms with Crippen molar-refractivity contribution in [1.29, 1.82) is 0 Å². The van der Waals surface area contributed by atoms with Gasteiger partial charge in [-0.2, -0.15) is 0 Å². The van der Waals surface area contributed by atoms with E-state index in [1.807, 2.05) is 13.0 Å². The van der Waals surface area contributed by atoms with E-state index in [1.54, 1.807) is 0 Å². The predicted molar refractivity (Wildman–Crippen MR) is 65.6 cm³/mol. The average Bonchev–Trinajstić information content (AvgIpc) is 2.62. The Bertz CT molecular complexity index is 277. The summed E-state index contributed by atoms with van der Waals surface area (Å²) >= 11 is 0. The van der Waals surface area contributed by atoms with Gasteiger partial charge in [0.15, 0.2) is 0 Å². The summed E-state index contributed by atoms with van der Waals surface area (Å²) in [4.78, 5) is 0. The zero-order valence-corrected chi connectivity index (χ0v) is 10.0. The lowest BCUT2D eigenvalue weighted by molar-refractivity contribution is 0.00716. The second-order valence-electron chi connectivity index (χ2n) is 4.58. The molecular formula is C14H22O. The van der Waals surface area contributed by atoms with Crippen LogP contribution in [0.4, 0.5) is 0 Å². The highest BCUT2D eigenvalue weighted by molar-refractivity contribution is 5.17. The summed E-state index contributed by atoms with van der Waals surface area (Å²) in [6.45, 7) is 15.7. The van der Waals surface area contributed by atoms with Crippen molar-refractivity contribution < 1.29 is 4.74 Å². The van der Waals surface area contributed by atoms with Crippen molar-refractivity contribution in [1.82, 2.24) is 0 Å². The molecule has 0 bridgehead atoms. The molecule has 0 saturated heterocycles. The number of hydrogen-bond acceptors (Lipinski definition) is 1. The fourth-order valence-electron chi connectivity index (χ4n) is 2.17. The number of allylic oxidation sites excluding steroid dienone is 2. The van der Waals surface area contributed by atoms with Gasteiger partial charge in [0, 0.05) is 0 Å². The van der Waals surface area contributed by atoms with Gasteiger partial charge < -0.3 is 4.74 Å². The molecule has 1 aliphatic rings. The highest BCUT2D eigenvalue weighted by Gasteiger charge is 2.38. The van der Waals surface area contributed by atoms with E-state index < -0.39 is 0 Å². The summed E-state index contributed by atoms with van der Waals surface area (Å²) in [6, 6.07) is 0. The molecular weight excluding hydrogens is 184 g/mol. The molecule has 0 N–H and O–H groups in total. The molecule has 1 heteroatoms. The molecule has 0 radical (unpaired) electrons. The van der Waals surface area contributed by atoms with E-state index in [0.717, 1.165) is 30.6 Å². The molecule has 0 heterocycles. The van der Waals surface area contributed by atoms with Gasteiger partial charge in [0.05, 0.1) is 0 Å². The van der Waals surface area contributed by atoms with Crippen LogP contribution in [0.3, 0.4) is 0 Å². The lowest BCUT2D eigenvalue weighted by Gasteiger charge is -2.30. The zero-order chi connectivity index (χ0) is 11.5. The van der Waals surface area contributed by atoms with Crippen molar-refractivity contribution in [2.45, 2.75) is 45.1 Å². The van der Waals surface area contributed by atoms with E-state index in [0.29, 0.717) is 5.92 Å². The molecule has 0 aromatic heterocycles. The fourth-order valence-corrected chi connectivity index (χ4v) is 2.17. The van der Waals surface area contributed by atoms with Crippen molar-refractivity contribution in [2.24, 2.45) is 5.92 Å². The first-order valence-corrected chi connectivity index (χ1v) is 5.69. The van der Waals surface area contributed by atoms with Crippen LogP contribution in [-0.2, 0) is 4.74 Å². The SMILES string of the molecule is C=CC1CCC(CC)(OC(=C)C(=C)C)C1. The molecule has 2 atom stereocenters. The first-order valence-electron chi connectivity index (χ1n) is 5.69. The minimum Gasteiger partial charge on any atom is -0.488 e. The van der Waals surface area contributed by atoms with Crippen LogP contribution in [-0.4, -0.2) is 5.60 Å². The largest absolute Gasteiger partial charge is 0.488 e. The summed E-state index contributed by atoms with van der Waals surface area (Å²) in [5.74, 6) is 1.34. The van der Waals surface area contributed by atoms with Crippen LogP contribution in [0.2, 0.25) is 0 Å². The molecule has 84 valence electrons. The standard InChI is InChI=1S/C14H22O/c1-6-13-8-9-14(7-2,10-13)15-12(5)11(3)4/h6,13H,1,3,5,7-10H2,2,4H3. The quantitative estimate of drug-likeness (QED) is 0.371. The van der Waals surface area contributed by atoms with Crippen LogP contribution in [0.1, 0.15) is 39.5 Å². The number of ether oxygens (including phenoxy) is 1. The Morgan fingerprint density at radius 1 is 1.53 bits per heavy atom. The summed E-state index contributed by atoms with van der Waals surface area (Å²) < 4.78 is 6.00. The third kappa shape index (κ3) is 2.74. The maximum atomic E-state index is 6.00. The molecule has 1 nitrogen and oxygen atoms in total. The molecule has 1 saturated carbocycles. The molecule has 0 aromatic carbocycles. The van der Waals surface area contributed by atoms with Gasteiger partial charge in [-0.1, -0.05) is 26.2 Å². The summed E-state index contributed by atoms with van der Waals surface area (Å²) in [6.07, 6.45) is 6.43. The van der Waals surface area contributed by atoms with Crippen LogP contribution >= 0.6 is 0 Å². The Kier molecular flexibility index (Phi) is 3.78. The van der Waals surface area contributed by atoms with E-state index >= 15 is 0 Å². The van der Waals surface area contributed by atoms with E-state index in [2.05, 4.69) is 26.7 Å². The van der Waals surface area contributed by atoms with Crippen LogP contribution in [0.5, 0.6) is 0 Å². The van der Waals surface area contributed by atoms with Gasteiger partial charge in [-0.25, -0.2) is 0 Å². The molecule has 0 aliphatic heterocycles. The third-order valence-electron chi connectivity index (χ3n) is 3.40. The van der Waals surface area contributed by atoms with E-state index in [-0.39, 0.29) is 5.60 Å². The zero-order valence-electron chi connectivity index (χ0n) is 10.0. The van der Waals surface area contributed by atoms with Gasteiger partial charge in [-0.15, -0.1) is 6.58 Å². The Labute approximate surface area is 93.5 Å². The maximum absolute atomic E-state index is 6.00. The van der Waals surface area contributed by atoms with Crippen LogP contribution in [0.25, 0.3) is 0 Å². The molecule has 15 heavy (non-hydrogen) atoms. The topological polar surface area (TPSA) is 9.23 Å². The second kappa shape index (κ2) is 4.69. The minimum absolute atomic E-state index is 0.0190. The lowest BCUT2D eigenvalue weighted by Crippen LogP contribution is -2.28. The number of rotatable bonds is 5. The molecule has 1 fully saturated rings. The second-order valence-corrected chi connectivity index (χ2v) is 4.58. The molecule has 0 spiro atoms. The Balaban J connectivity index is 2.67. The Morgan fingerprint density at radius 3 is 2.60 bits per heavy atom.